The van der Waals surface area contributed by atoms with E-state index in [-0.39, 0.29) is 0 Å². The summed E-state index contributed by atoms with van der Waals surface area (Å²) >= 11 is 10.8. The summed E-state index contributed by atoms with van der Waals surface area (Å²) in [5.74, 6) is 2.24. The van der Waals surface area contributed by atoms with Gasteiger partial charge in [0.25, 0.3) is 0 Å². The number of hydrogen-bond donors (Lipinski definition) is 1. The van der Waals surface area contributed by atoms with Crippen LogP contribution in [0.2, 0.25) is 5.02 Å². The molecule has 31 heavy (non-hydrogen) atoms. The largest absolute Gasteiger partial charge is 0.493 e. The zero-order valence-corrected chi connectivity index (χ0v) is 22.1. The molecule has 8 heteroatoms. The van der Waals surface area contributed by atoms with E-state index in [2.05, 4.69) is 55.7 Å². The van der Waals surface area contributed by atoms with Crippen LogP contribution in [0.1, 0.15) is 16.7 Å². The minimum Gasteiger partial charge on any atom is -0.493 e. The highest BCUT2D eigenvalue weighted by molar-refractivity contribution is 14.1. The molecule has 0 bridgehead atoms. The molecule has 0 aliphatic rings. The first-order valence-corrected chi connectivity index (χ1v) is 11.9. The number of hydrogen-bond acceptors (Lipinski definition) is 5. The highest BCUT2D eigenvalue weighted by Gasteiger charge is 2.10. The monoisotopic (exact) mass is 662 g/mol. The summed E-state index contributed by atoms with van der Waals surface area (Å²) in [6.07, 6.45) is 1.79. The van der Waals surface area contributed by atoms with Gasteiger partial charge in [-0.05, 0) is 86.6 Å². The Labute approximate surface area is 214 Å². The quantitative estimate of drug-likeness (QED) is 0.167. The van der Waals surface area contributed by atoms with Crippen LogP contribution in [0.15, 0.2) is 59.7 Å². The predicted octanol–water partition coefficient (Wildman–Crippen LogP) is 6.27. The zero-order chi connectivity index (χ0) is 22.2. The van der Waals surface area contributed by atoms with E-state index < -0.39 is 0 Å². The number of rotatable bonds is 9. The molecule has 0 aliphatic carbocycles. The van der Waals surface area contributed by atoms with Crippen LogP contribution in [-0.4, -0.2) is 20.4 Å². The maximum absolute atomic E-state index is 6.22. The van der Waals surface area contributed by atoms with E-state index in [1.165, 1.54) is 0 Å². The van der Waals surface area contributed by atoms with Crippen LogP contribution in [-0.2, 0) is 13.2 Å². The van der Waals surface area contributed by atoms with Gasteiger partial charge in [-0.25, -0.2) is 0 Å². The number of halogens is 3. The Morgan fingerprint density at radius 2 is 1.68 bits per heavy atom. The fourth-order valence-electron chi connectivity index (χ4n) is 2.80. The van der Waals surface area contributed by atoms with Gasteiger partial charge in [0.1, 0.15) is 12.4 Å². The van der Waals surface area contributed by atoms with Gasteiger partial charge in [0.05, 0.1) is 34.1 Å². The average Bonchev–Trinajstić information content (AvgIpc) is 2.77. The van der Waals surface area contributed by atoms with Gasteiger partial charge >= 0.3 is 0 Å². The molecule has 0 heterocycles. The standard InChI is InChI=1S/C23H21ClI2N2O3/c1-29-21-8-7-15(11-22(21)30-2)12-27-28-13-16-9-19(25)23(20(26)10-16)31-14-17-5-3-4-6-18(17)24/h3-11,13,27H,12,14H2,1-2H3/b28-13+. The fourth-order valence-corrected chi connectivity index (χ4v) is 5.12. The third kappa shape index (κ3) is 6.63. The highest BCUT2D eigenvalue weighted by Crippen LogP contribution is 2.30. The lowest BCUT2D eigenvalue weighted by atomic mass is 10.2. The molecule has 0 aliphatic heterocycles. The molecule has 0 aromatic heterocycles. The Bertz CT molecular complexity index is 1050. The lowest BCUT2D eigenvalue weighted by Crippen LogP contribution is -2.06. The van der Waals surface area contributed by atoms with E-state index in [4.69, 9.17) is 25.8 Å². The first kappa shape index (κ1) is 23.9. The second-order valence-electron chi connectivity index (χ2n) is 6.48. The van der Waals surface area contributed by atoms with Gasteiger partial charge in [0.2, 0.25) is 0 Å². The molecule has 0 saturated heterocycles. The molecule has 0 unspecified atom stereocenters. The topological polar surface area (TPSA) is 52.1 Å². The number of methoxy groups -OCH3 is 2. The maximum Gasteiger partial charge on any atom is 0.161 e. The van der Waals surface area contributed by atoms with Crippen molar-refractivity contribution in [1.82, 2.24) is 5.43 Å². The second kappa shape index (κ2) is 11.8. The minimum absolute atomic E-state index is 0.423. The van der Waals surface area contributed by atoms with Crippen LogP contribution in [0, 0.1) is 7.14 Å². The van der Waals surface area contributed by atoms with Crippen molar-refractivity contribution in [3.8, 4) is 17.2 Å². The van der Waals surface area contributed by atoms with Gasteiger partial charge < -0.3 is 19.6 Å². The summed E-state index contributed by atoms with van der Waals surface area (Å²) in [4.78, 5) is 0. The summed E-state index contributed by atoms with van der Waals surface area (Å²) in [7, 11) is 3.24. The van der Waals surface area contributed by atoms with E-state index in [0.29, 0.717) is 29.7 Å². The van der Waals surface area contributed by atoms with Crippen LogP contribution in [0.25, 0.3) is 0 Å². The van der Waals surface area contributed by atoms with Crippen LogP contribution < -0.4 is 19.6 Å². The van der Waals surface area contributed by atoms with E-state index in [9.17, 15) is 0 Å². The number of hydrazone groups is 1. The summed E-state index contributed by atoms with van der Waals surface area (Å²) in [6.45, 7) is 0.996. The van der Waals surface area contributed by atoms with Crippen molar-refractivity contribution in [2.24, 2.45) is 5.10 Å². The van der Waals surface area contributed by atoms with Gasteiger partial charge in [0.15, 0.2) is 11.5 Å². The van der Waals surface area contributed by atoms with Crippen LogP contribution in [0.3, 0.4) is 0 Å². The number of benzene rings is 3. The molecular formula is C23H21ClI2N2O3. The van der Waals surface area contributed by atoms with Crippen molar-refractivity contribution in [3.63, 3.8) is 0 Å². The van der Waals surface area contributed by atoms with Crippen molar-refractivity contribution in [1.29, 1.82) is 0 Å². The predicted molar refractivity (Wildman–Crippen MR) is 142 cm³/mol. The summed E-state index contributed by atoms with van der Waals surface area (Å²) in [5.41, 5.74) is 6.06. The first-order valence-electron chi connectivity index (χ1n) is 9.34. The van der Waals surface area contributed by atoms with Crippen molar-refractivity contribution in [3.05, 3.63) is 83.5 Å². The molecule has 0 atom stereocenters. The summed E-state index contributed by atoms with van der Waals surface area (Å²) < 4.78 is 18.7. The molecule has 0 saturated carbocycles. The van der Waals surface area contributed by atoms with Crippen molar-refractivity contribution < 1.29 is 14.2 Å². The Balaban J connectivity index is 1.61. The van der Waals surface area contributed by atoms with E-state index in [1.54, 1.807) is 20.4 Å². The van der Waals surface area contributed by atoms with Gasteiger partial charge in [-0.15, -0.1) is 0 Å². The smallest absolute Gasteiger partial charge is 0.161 e. The van der Waals surface area contributed by atoms with Crippen molar-refractivity contribution >= 4 is 63.0 Å². The molecule has 0 fully saturated rings. The fraction of sp³-hybridized carbons (Fsp3) is 0.174. The van der Waals surface area contributed by atoms with Gasteiger partial charge in [-0.2, -0.15) is 5.10 Å². The van der Waals surface area contributed by atoms with E-state index in [0.717, 1.165) is 29.6 Å². The Morgan fingerprint density at radius 3 is 2.35 bits per heavy atom. The molecule has 0 amide bonds. The number of nitrogens with one attached hydrogen (secondary N) is 1. The summed E-state index contributed by atoms with van der Waals surface area (Å²) in [5, 5.41) is 5.05. The van der Waals surface area contributed by atoms with Crippen molar-refractivity contribution in [2.75, 3.05) is 14.2 Å². The Morgan fingerprint density at radius 1 is 0.968 bits per heavy atom. The van der Waals surface area contributed by atoms with Gasteiger partial charge in [0, 0.05) is 10.6 Å². The number of nitrogens with zero attached hydrogens (tertiary/aromatic N) is 1. The Kier molecular flexibility index (Phi) is 9.09. The maximum atomic E-state index is 6.22. The third-order valence-corrected chi connectivity index (χ3v) is 6.36. The van der Waals surface area contributed by atoms with Crippen LogP contribution in [0.4, 0.5) is 0 Å². The highest BCUT2D eigenvalue weighted by atomic mass is 127. The second-order valence-corrected chi connectivity index (χ2v) is 9.21. The van der Waals surface area contributed by atoms with Gasteiger partial charge in [-0.3, -0.25) is 0 Å². The molecule has 162 valence electrons. The average molecular weight is 663 g/mol. The minimum atomic E-state index is 0.423. The molecule has 3 aromatic carbocycles. The van der Waals surface area contributed by atoms with Crippen molar-refractivity contribution in [2.45, 2.75) is 13.2 Å². The SMILES string of the molecule is COc1ccc(CN/N=C/c2cc(I)c(OCc3ccccc3Cl)c(I)c2)cc1OC. The lowest BCUT2D eigenvalue weighted by molar-refractivity contribution is 0.302. The zero-order valence-electron chi connectivity index (χ0n) is 17.0. The van der Waals surface area contributed by atoms with Crippen LogP contribution in [0.5, 0.6) is 17.2 Å². The molecule has 5 nitrogen and oxygen atoms in total. The molecule has 3 aromatic rings. The Hall–Kier alpha value is -1.72. The lowest BCUT2D eigenvalue weighted by Gasteiger charge is -2.12. The van der Waals surface area contributed by atoms with Crippen LogP contribution >= 0.6 is 56.8 Å². The first-order chi connectivity index (χ1) is 15.0. The number of ether oxygens (including phenoxy) is 3. The normalized spacial score (nSPS) is 10.9. The third-order valence-electron chi connectivity index (χ3n) is 4.39. The van der Waals surface area contributed by atoms with E-state index in [1.807, 2.05) is 54.6 Å². The van der Waals surface area contributed by atoms with Gasteiger partial charge in [-0.1, -0.05) is 35.9 Å². The molecule has 1 N–H and O–H groups in total. The molecule has 3 rings (SSSR count). The molecule has 0 radical (unpaired) electrons. The molecule has 0 spiro atoms. The van der Waals surface area contributed by atoms with E-state index >= 15 is 0 Å². The summed E-state index contributed by atoms with van der Waals surface area (Å²) in [6, 6.07) is 17.5. The molecular weight excluding hydrogens is 642 g/mol.